The van der Waals surface area contributed by atoms with Gasteiger partial charge in [0.05, 0.1) is 0 Å². The molecule has 1 aromatic carbocycles. The SMILES string of the molecule is C1CS1.c1ccccc1. The van der Waals surface area contributed by atoms with Gasteiger partial charge in [-0.25, -0.2) is 0 Å². The molecule has 1 fully saturated rings. The van der Waals surface area contributed by atoms with Crippen LogP contribution in [-0.2, 0) is 0 Å². The van der Waals surface area contributed by atoms with Crippen LogP contribution in [0.3, 0.4) is 0 Å². The van der Waals surface area contributed by atoms with E-state index in [2.05, 4.69) is 0 Å². The standard InChI is InChI=1S/C6H6.C2H4S/c1-2-4-6-5-3-1;1-2-3-1/h1-6H;1-2H2. The van der Waals surface area contributed by atoms with Crippen molar-refractivity contribution in [2.24, 2.45) is 0 Å². The third kappa shape index (κ3) is 5.44. The third-order valence-electron chi connectivity index (χ3n) is 0.871. The monoisotopic (exact) mass is 138 g/mol. The number of thioether (sulfide) groups is 1. The number of benzene rings is 1. The van der Waals surface area contributed by atoms with Gasteiger partial charge >= 0.3 is 0 Å². The minimum absolute atomic E-state index is 1.42. The second kappa shape index (κ2) is 4.45. The summed E-state index contributed by atoms with van der Waals surface area (Å²) in [7, 11) is 0. The molecule has 0 unspecified atom stereocenters. The summed E-state index contributed by atoms with van der Waals surface area (Å²) >= 11 is 2.00. The summed E-state index contributed by atoms with van der Waals surface area (Å²) in [6.07, 6.45) is 0. The van der Waals surface area contributed by atoms with Crippen molar-refractivity contribution in [1.29, 1.82) is 0 Å². The number of hydrogen-bond acceptors (Lipinski definition) is 1. The van der Waals surface area contributed by atoms with Crippen molar-refractivity contribution in [3.8, 4) is 0 Å². The van der Waals surface area contributed by atoms with Crippen LogP contribution < -0.4 is 0 Å². The zero-order chi connectivity index (χ0) is 6.36. The first-order valence-electron chi connectivity index (χ1n) is 3.08. The van der Waals surface area contributed by atoms with Gasteiger partial charge in [0.25, 0.3) is 0 Å². The minimum atomic E-state index is 1.42. The second-order valence-electron chi connectivity index (χ2n) is 1.77. The first-order chi connectivity index (χ1) is 4.50. The molecule has 0 nitrogen and oxygen atoms in total. The highest BCUT2D eigenvalue weighted by atomic mass is 32.2. The van der Waals surface area contributed by atoms with Crippen LogP contribution in [0.25, 0.3) is 0 Å². The van der Waals surface area contributed by atoms with Crippen molar-refractivity contribution in [3.05, 3.63) is 36.4 Å². The van der Waals surface area contributed by atoms with E-state index in [1.165, 1.54) is 11.5 Å². The molecule has 1 aromatic rings. The zero-order valence-electron chi connectivity index (χ0n) is 5.29. The molecule has 0 bridgehead atoms. The van der Waals surface area contributed by atoms with Gasteiger partial charge in [0.15, 0.2) is 0 Å². The maximum atomic E-state index is 2.00. The van der Waals surface area contributed by atoms with Crippen LogP contribution in [0.2, 0.25) is 0 Å². The summed E-state index contributed by atoms with van der Waals surface area (Å²) in [5.74, 6) is 2.83. The first-order valence-corrected chi connectivity index (χ1v) is 4.23. The van der Waals surface area contributed by atoms with E-state index in [1.807, 2.05) is 48.2 Å². The van der Waals surface area contributed by atoms with Gasteiger partial charge in [0, 0.05) is 11.5 Å². The first kappa shape index (κ1) is 6.69. The third-order valence-corrected chi connectivity index (χ3v) is 1.28. The van der Waals surface area contributed by atoms with Gasteiger partial charge in [-0.2, -0.15) is 11.8 Å². The van der Waals surface area contributed by atoms with Crippen molar-refractivity contribution >= 4 is 11.8 Å². The number of hydrogen-bond donors (Lipinski definition) is 0. The van der Waals surface area contributed by atoms with Gasteiger partial charge in [0.2, 0.25) is 0 Å². The molecule has 0 atom stereocenters. The molecule has 1 aliphatic rings. The summed E-state index contributed by atoms with van der Waals surface area (Å²) in [6, 6.07) is 12.0. The van der Waals surface area contributed by atoms with Crippen molar-refractivity contribution < 1.29 is 0 Å². The molecule has 0 aliphatic carbocycles. The highest BCUT2D eigenvalue weighted by molar-refractivity contribution is 8.06. The van der Waals surface area contributed by atoms with Gasteiger partial charge < -0.3 is 0 Å². The lowest BCUT2D eigenvalue weighted by molar-refractivity contribution is 1.72. The van der Waals surface area contributed by atoms with Crippen LogP contribution in [0.1, 0.15) is 0 Å². The highest BCUT2D eigenvalue weighted by Gasteiger charge is 1.95. The molecular weight excluding hydrogens is 128 g/mol. The molecule has 2 rings (SSSR count). The maximum absolute atomic E-state index is 2.00. The van der Waals surface area contributed by atoms with Crippen molar-refractivity contribution in [2.45, 2.75) is 0 Å². The van der Waals surface area contributed by atoms with Crippen LogP contribution in [0.4, 0.5) is 0 Å². The van der Waals surface area contributed by atoms with E-state index in [4.69, 9.17) is 0 Å². The summed E-state index contributed by atoms with van der Waals surface area (Å²) < 4.78 is 0. The molecule has 48 valence electrons. The summed E-state index contributed by atoms with van der Waals surface area (Å²) in [6.45, 7) is 0. The van der Waals surface area contributed by atoms with Crippen LogP contribution >= 0.6 is 11.8 Å². The van der Waals surface area contributed by atoms with Gasteiger partial charge in [-0.15, -0.1) is 0 Å². The number of rotatable bonds is 0. The average Bonchev–Trinajstić information content (AvgIpc) is 2.76. The molecule has 1 saturated heterocycles. The van der Waals surface area contributed by atoms with Crippen LogP contribution in [-0.4, -0.2) is 11.5 Å². The Morgan fingerprint density at radius 3 is 1.00 bits per heavy atom. The van der Waals surface area contributed by atoms with E-state index in [0.29, 0.717) is 0 Å². The lowest BCUT2D eigenvalue weighted by Gasteiger charge is -1.69. The fourth-order valence-corrected chi connectivity index (χ4v) is 0.385. The van der Waals surface area contributed by atoms with Gasteiger partial charge in [-0.3, -0.25) is 0 Å². The Bertz CT molecular complexity index is 105. The predicted molar refractivity (Wildman–Crippen MR) is 43.8 cm³/mol. The minimum Gasteiger partial charge on any atom is -0.160 e. The summed E-state index contributed by atoms with van der Waals surface area (Å²) in [5, 5.41) is 0. The molecule has 0 saturated carbocycles. The Morgan fingerprint density at radius 2 is 0.889 bits per heavy atom. The molecule has 1 heterocycles. The van der Waals surface area contributed by atoms with Gasteiger partial charge in [-0.1, -0.05) is 36.4 Å². The molecule has 0 aromatic heterocycles. The Kier molecular flexibility index (Phi) is 3.31. The maximum Gasteiger partial charge on any atom is 0.00238 e. The van der Waals surface area contributed by atoms with Crippen LogP contribution in [0.15, 0.2) is 36.4 Å². The lowest BCUT2D eigenvalue weighted by atomic mass is 10.4. The highest BCUT2D eigenvalue weighted by Crippen LogP contribution is 2.14. The fraction of sp³-hybridized carbons (Fsp3) is 0.250. The van der Waals surface area contributed by atoms with Gasteiger partial charge in [-0.05, 0) is 0 Å². The smallest absolute Gasteiger partial charge is 0.00238 e. The van der Waals surface area contributed by atoms with Crippen molar-refractivity contribution in [2.75, 3.05) is 11.5 Å². The van der Waals surface area contributed by atoms with E-state index in [0.717, 1.165) is 0 Å². The molecule has 1 heteroatoms. The van der Waals surface area contributed by atoms with Crippen molar-refractivity contribution in [3.63, 3.8) is 0 Å². The normalized spacial score (nSPS) is 13.3. The largest absolute Gasteiger partial charge is 0.160 e. The molecule has 9 heavy (non-hydrogen) atoms. The molecule has 0 radical (unpaired) electrons. The average molecular weight is 138 g/mol. The Labute approximate surface area is 60.3 Å². The second-order valence-corrected chi connectivity index (χ2v) is 2.99. The van der Waals surface area contributed by atoms with Crippen molar-refractivity contribution in [1.82, 2.24) is 0 Å². The lowest BCUT2D eigenvalue weighted by Crippen LogP contribution is -1.47. The van der Waals surface area contributed by atoms with Crippen LogP contribution in [0, 0.1) is 0 Å². The molecule has 0 spiro atoms. The van der Waals surface area contributed by atoms with E-state index >= 15 is 0 Å². The Balaban J connectivity index is 0.000000112. The summed E-state index contributed by atoms with van der Waals surface area (Å²) in [4.78, 5) is 0. The van der Waals surface area contributed by atoms with E-state index < -0.39 is 0 Å². The van der Waals surface area contributed by atoms with E-state index in [-0.39, 0.29) is 0 Å². The Morgan fingerprint density at radius 1 is 0.667 bits per heavy atom. The van der Waals surface area contributed by atoms with E-state index in [1.54, 1.807) is 0 Å². The summed E-state index contributed by atoms with van der Waals surface area (Å²) in [5.41, 5.74) is 0. The van der Waals surface area contributed by atoms with E-state index in [9.17, 15) is 0 Å². The van der Waals surface area contributed by atoms with Crippen LogP contribution in [0.5, 0.6) is 0 Å². The predicted octanol–water partition coefficient (Wildman–Crippen LogP) is 2.42. The molecule has 1 aliphatic heterocycles. The molecular formula is C8H10S. The van der Waals surface area contributed by atoms with Gasteiger partial charge in [0.1, 0.15) is 0 Å². The molecule has 0 N–H and O–H groups in total. The quantitative estimate of drug-likeness (QED) is 0.496. The fourth-order valence-electron chi connectivity index (χ4n) is 0.385. The topological polar surface area (TPSA) is 0 Å². The molecule has 0 amide bonds. The Hall–Kier alpha value is -0.430. The zero-order valence-corrected chi connectivity index (χ0v) is 6.10.